The molecule has 15 heavy (non-hydrogen) atoms. The molecule has 0 aliphatic carbocycles. The van der Waals surface area contributed by atoms with Gasteiger partial charge in [-0.25, -0.2) is 0 Å². The fourth-order valence-corrected chi connectivity index (χ4v) is 2.80. The molecule has 0 radical (unpaired) electrons. The van der Waals surface area contributed by atoms with Gasteiger partial charge in [0.2, 0.25) is 5.91 Å². The summed E-state index contributed by atoms with van der Waals surface area (Å²) in [5, 5.41) is 6.20. The number of amides is 1. The number of hydrogen-bond acceptors (Lipinski definition) is 3. The molecule has 4 nitrogen and oxygen atoms in total. The lowest BCUT2D eigenvalue weighted by atomic mass is 10.1. The van der Waals surface area contributed by atoms with E-state index in [-0.39, 0.29) is 5.91 Å². The van der Waals surface area contributed by atoms with Gasteiger partial charge in [0.25, 0.3) is 0 Å². The highest BCUT2D eigenvalue weighted by atomic mass is 16.1. The number of rotatable bonds is 4. The minimum Gasteiger partial charge on any atom is -0.355 e. The van der Waals surface area contributed by atoms with Crippen molar-refractivity contribution in [1.29, 1.82) is 0 Å². The third-order valence-corrected chi connectivity index (χ3v) is 3.50. The predicted octanol–water partition coefficient (Wildman–Crippen LogP) is -0.0512. The van der Waals surface area contributed by atoms with Crippen molar-refractivity contribution in [1.82, 2.24) is 15.5 Å². The van der Waals surface area contributed by atoms with E-state index < -0.39 is 0 Å². The summed E-state index contributed by atoms with van der Waals surface area (Å²) >= 11 is 0. The highest BCUT2D eigenvalue weighted by molar-refractivity contribution is 5.77. The van der Waals surface area contributed by atoms with Gasteiger partial charge >= 0.3 is 0 Å². The highest BCUT2D eigenvalue weighted by Gasteiger charge is 2.36. The van der Waals surface area contributed by atoms with E-state index >= 15 is 0 Å². The maximum atomic E-state index is 11.3. The van der Waals surface area contributed by atoms with E-state index in [0.717, 1.165) is 6.54 Å². The quantitative estimate of drug-likeness (QED) is 0.685. The van der Waals surface area contributed by atoms with Gasteiger partial charge in [-0.15, -0.1) is 0 Å². The molecule has 0 aromatic heterocycles. The number of carbonyl (C=O) groups is 1. The second-order valence-electron chi connectivity index (χ2n) is 4.48. The van der Waals surface area contributed by atoms with Crippen LogP contribution < -0.4 is 10.6 Å². The van der Waals surface area contributed by atoms with Gasteiger partial charge in [-0.05, 0) is 32.7 Å². The molecule has 0 saturated carbocycles. The van der Waals surface area contributed by atoms with Crippen molar-refractivity contribution >= 4 is 5.91 Å². The molecule has 4 heteroatoms. The van der Waals surface area contributed by atoms with E-state index in [9.17, 15) is 4.79 Å². The summed E-state index contributed by atoms with van der Waals surface area (Å²) in [6, 6.07) is 1.23. The van der Waals surface area contributed by atoms with Crippen LogP contribution >= 0.6 is 0 Å². The first-order valence-corrected chi connectivity index (χ1v) is 6.05. The summed E-state index contributed by atoms with van der Waals surface area (Å²) in [7, 11) is 0. The number of fused-ring (bicyclic) bond motifs is 1. The first-order valence-electron chi connectivity index (χ1n) is 6.05. The zero-order chi connectivity index (χ0) is 10.7. The normalized spacial score (nSPS) is 30.5. The SMILES string of the molecule is CCNC(=O)CNC1CCN2CCCC12. The Balaban J connectivity index is 1.73. The van der Waals surface area contributed by atoms with E-state index in [0.29, 0.717) is 18.6 Å². The smallest absolute Gasteiger partial charge is 0.233 e. The summed E-state index contributed by atoms with van der Waals surface area (Å²) in [4.78, 5) is 13.9. The van der Waals surface area contributed by atoms with Crippen LogP contribution in [0.3, 0.4) is 0 Å². The van der Waals surface area contributed by atoms with Gasteiger partial charge in [0.1, 0.15) is 0 Å². The molecular formula is C11H21N3O. The van der Waals surface area contributed by atoms with Crippen LogP contribution in [0.15, 0.2) is 0 Å². The van der Waals surface area contributed by atoms with E-state index in [1.54, 1.807) is 0 Å². The molecule has 2 unspecified atom stereocenters. The first-order chi connectivity index (χ1) is 7.31. The van der Waals surface area contributed by atoms with Crippen LogP contribution in [0.4, 0.5) is 0 Å². The van der Waals surface area contributed by atoms with Crippen LogP contribution in [0.5, 0.6) is 0 Å². The summed E-state index contributed by atoms with van der Waals surface area (Å²) in [5.41, 5.74) is 0. The summed E-state index contributed by atoms with van der Waals surface area (Å²) in [6.07, 6.45) is 3.82. The molecule has 2 aliphatic heterocycles. The number of carbonyl (C=O) groups excluding carboxylic acids is 1. The van der Waals surface area contributed by atoms with Gasteiger partial charge in [0, 0.05) is 25.2 Å². The first kappa shape index (κ1) is 10.9. The Morgan fingerprint density at radius 2 is 2.27 bits per heavy atom. The lowest BCUT2D eigenvalue weighted by Crippen LogP contribution is -2.44. The molecule has 2 atom stereocenters. The molecule has 2 saturated heterocycles. The van der Waals surface area contributed by atoms with Crippen LogP contribution in [-0.2, 0) is 4.79 Å². The average Bonchev–Trinajstić information content (AvgIpc) is 2.77. The van der Waals surface area contributed by atoms with Crippen molar-refractivity contribution in [2.75, 3.05) is 26.2 Å². The zero-order valence-corrected chi connectivity index (χ0v) is 9.46. The van der Waals surface area contributed by atoms with E-state index in [1.165, 1.54) is 32.4 Å². The van der Waals surface area contributed by atoms with Crippen LogP contribution in [0.25, 0.3) is 0 Å². The van der Waals surface area contributed by atoms with Crippen molar-refractivity contribution in [3.05, 3.63) is 0 Å². The summed E-state index contributed by atoms with van der Waals surface area (Å²) in [6.45, 7) is 5.61. The number of nitrogens with zero attached hydrogens (tertiary/aromatic N) is 1. The van der Waals surface area contributed by atoms with Gasteiger partial charge in [-0.3, -0.25) is 9.69 Å². The lowest BCUT2D eigenvalue weighted by molar-refractivity contribution is -0.120. The Morgan fingerprint density at radius 3 is 3.07 bits per heavy atom. The Labute approximate surface area is 91.4 Å². The van der Waals surface area contributed by atoms with E-state index in [4.69, 9.17) is 0 Å². The molecule has 86 valence electrons. The van der Waals surface area contributed by atoms with Gasteiger partial charge < -0.3 is 10.6 Å². The summed E-state index contributed by atoms with van der Waals surface area (Å²) in [5.74, 6) is 0.119. The second-order valence-corrected chi connectivity index (χ2v) is 4.48. The van der Waals surface area contributed by atoms with E-state index in [1.807, 2.05) is 6.92 Å². The fourth-order valence-electron chi connectivity index (χ4n) is 2.80. The molecule has 1 amide bonds. The average molecular weight is 211 g/mol. The van der Waals surface area contributed by atoms with Crippen molar-refractivity contribution in [2.24, 2.45) is 0 Å². The third-order valence-electron chi connectivity index (χ3n) is 3.50. The molecule has 2 fully saturated rings. The van der Waals surface area contributed by atoms with Crippen molar-refractivity contribution < 1.29 is 4.79 Å². The summed E-state index contributed by atoms with van der Waals surface area (Å²) < 4.78 is 0. The Kier molecular flexibility index (Phi) is 3.59. The largest absolute Gasteiger partial charge is 0.355 e. The molecule has 2 N–H and O–H groups in total. The van der Waals surface area contributed by atoms with Crippen LogP contribution in [-0.4, -0.2) is 49.1 Å². The number of likely N-dealkylation sites (N-methyl/N-ethyl adjacent to an activating group) is 1. The third kappa shape index (κ3) is 2.49. The zero-order valence-electron chi connectivity index (χ0n) is 9.46. The predicted molar refractivity (Wildman–Crippen MR) is 59.7 cm³/mol. The maximum Gasteiger partial charge on any atom is 0.233 e. The monoisotopic (exact) mass is 211 g/mol. The molecule has 0 bridgehead atoms. The van der Waals surface area contributed by atoms with E-state index in [2.05, 4.69) is 15.5 Å². The number of hydrogen-bond donors (Lipinski definition) is 2. The Morgan fingerprint density at radius 1 is 1.40 bits per heavy atom. The van der Waals surface area contributed by atoms with Gasteiger partial charge in [-0.1, -0.05) is 0 Å². The minimum atomic E-state index is 0.119. The van der Waals surface area contributed by atoms with Crippen molar-refractivity contribution in [2.45, 2.75) is 38.3 Å². The molecule has 2 aliphatic rings. The van der Waals surface area contributed by atoms with Crippen molar-refractivity contribution in [3.8, 4) is 0 Å². The standard InChI is InChI=1S/C11H21N3O/c1-2-12-11(15)8-13-9-5-7-14-6-3-4-10(9)14/h9-10,13H,2-8H2,1H3,(H,12,15). The van der Waals surface area contributed by atoms with Gasteiger partial charge in [0.05, 0.1) is 6.54 Å². The maximum absolute atomic E-state index is 11.3. The van der Waals surface area contributed by atoms with Crippen LogP contribution in [0, 0.1) is 0 Å². The highest BCUT2D eigenvalue weighted by Crippen LogP contribution is 2.27. The molecule has 0 aromatic rings. The minimum absolute atomic E-state index is 0.119. The molecule has 2 heterocycles. The lowest BCUT2D eigenvalue weighted by Gasteiger charge is -2.20. The Hall–Kier alpha value is -0.610. The van der Waals surface area contributed by atoms with Gasteiger partial charge in [0.15, 0.2) is 0 Å². The number of nitrogens with one attached hydrogen (secondary N) is 2. The topological polar surface area (TPSA) is 44.4 Å². The molecular weight excluding hydrogens is 190 g/mol. The van der Waals surface area contributed by atoms with Crippen LogP contribution in [0.2, 0.25) is 0 Å². The second kappa shape index (κ2) is 4.94. The Bertz CT molecular complexity index is 232. The molecule has 0 spiro atoms. The molecule has 0 aromatic carbocycles. The molecule has 2 rings (SSSR count). The van der Waals surface area contributed by atoms with Crippen molar-refractivity contribution in [3.63, 3.8) is 0 Å². The van der Waals surface area contributed by atoms with Crippen LogP contribution in [0.1, 0.15) is 26.2 Å². The van der Waals surface area contributed by atoms with Gasteiger partial charge in [-0.2, -0.15) is 0 Å². The fraction of sp³-hybridized carbons (Fsp3) is 0.909.